The van der Waals surface area contributed by atoms with E-state index >= 15 is 0 Å². The van der Waals surface area contributed by atoms with Crippen LogP contribution < -0.4 is 5.32 Å². The lowest BCUT2D eigenvalue weighted by molar-refractivity contribution is -0.142. The number of aromatic nitrogens is 1. The Morgan fingerprint density at radius 3 is 2.89 bits per heavy atom. The number of thiazole rings is 1. The lowest BCUT2D eigenvalue weighted by Gasteiger charge is -2.26. The number of aryl methyl sites for hydroxylation is 1. The minimum Gasteiger partial charge on any atom is -0.480 e. The first-order valence-corrected chi connectivity index (χ1v) is 7.12. The molecule has 0 radical (unpaired) electrons. The minimum atomic E-state index is -0.938. The van der Waals surface area contributed by atoms with Gasteiger partial charge in [0, 0.05) is 17.6 Å². The molecule has 1 aromatic heterocycles. The first-order chi connectivity index (χ1) is 9.08. The van der Waals surface area contributed by atoms with E-state index in [1.54, 1.807) is 6.20 Å². The Morgan fingerprint density at radius 2 is 2.26 bits per heavy atom. The molecule has 7 heteroatoms. The number of likely N-dealkylation sites (tertiary alicyclic amines) is 1. The van der Waals surface area contributed by atoms with Crippen molar-refractivity contribution in [2.24, 2.45) is 0 Å². The number of hydrogen-bond acceptors (Lipinski definition) is 4. The number of amides is 2. The average Bonchev–Trinajstić information content (AvgIpc) is 2.65. The summed E-state index contributed by atoms with van der Waals surface area (Å²) in [7, 11) is 0. The third kappa shape index (κ3) is 3.44. The summed E-state index contributed by atoms with van der Waals surface area (Å²) in [6.45, 7) is 2.38. The van der Waals surface area contributed by atoms with Crippen molar-refractivity contribution < 1.29 is 14.7 Å². The van der Waals surface area contributed by atoms with E-state index in [-0.39, 0.29) is 6.03 Å². The third-order valence-corrected chi connectivity index (χ3v) is 3.96. The molecule has 6 nitrogen and oxygen atoms in total. The Bertz CT molecular complexity index is 475. The maximum absolute atomic E-state index is 12.2. The monoisotopic (exact) mass is 283 g/mol. The molecule has 1 aliphatic rings. The average molecular weight is 283 g/mol. The number of urea groups is 1. The number of aliphatic carboxylic acids is 1. The van der Waals surface area contributed by atoms with Crippen molar-refractivity contribution >= 4 is 28.5 Å². The highest BCUT2D eigenvalue weighted by Crippen LogP contribution is 2.21. The molecule has 1 fully saturated rings. The van der Waals surface area contributed by atoms with Gasteiger partial charge in [-0.1, -0.05) is 12.8 Å². The number of carbonyl (C=O) groups is 2. The standard InChI is InChI=1S/C12H17N3O3S/c1-8-7-13-11(19-8)14-12(18)15-6-4-2-3-5-9(15)10(16)17/h7,9H,2-6H2,1H3,(H,16,17)(H,13,14,18). The predicted octanol–water partition coefficient (Wildman–Crippen LogP) is 2.31. The largest absolute Gasteiger partial charge is 0.480 e. The maximum atomic E-state index is 12.2. The number of carbonyl (C=O) groups excluding carboxylic acids is 1. The molecule has 1 saturated heterocycles. The molecule has 1 aromatic rings. The van der Waals surface area contributed by atoms with Crippen LogP contribution in [-0.2, 0) is 4.79 Å². The second-order valence-corrected chi connectivity index (χ2v) is 5.84. The number of nitrogens with one attached hydrogen (secondary N) is 1. The zero-order chi connectivity index (χ0) is 13.8. The molecule has 104 valence electrons. The first-order valence-electron chi connectivity index (χ1n) is 6.31. The lowest BCUT2D eigenvalue weighted by atomic mass is 10.1. The molecule has 19 heavy (non-hydrogen) atoms. The van der Waals surface area contributed by atoms with Gasteiger partial charge in [0.05, 0.1) is 0 Å². The van der Waals surface area contributed by atoms with Crippen molar-refractivity contribution in [3.8, 4) is 0 Å². The Kier molecular flexibility index (Phi) is 4.36. The van der Waals surface area contributed by atoms with Crippen LogP contribution in [0.1, 0.15) is 30.6 Å². The van der Waals surface area contributed by atoms with Crippen LogP contribution >= 0.6 is 11.3 Å². The number of carboxylic acids is 1. The number of anilines is 1. The van der Waals surface area contributed by atoms with E-state index in [4.69, 9.17) is 0 Å². The number of carboxylic acid groups (broad SMARTS) is 1. The molecular weight excluding hydrogens is 266 g/mol. The molecule has 1 atom stereocenters. The Morgan fingerprint density at radius 1 is 1.47 bits per heavy atom. The van der Waals surface area contributed by atoms with Gasteiger partial charge in [-0.05, 0) is 19.8 Å². The molecular formula is C12H17N3O3S. The Balaban J connectivity index is 2.08. The zero-order valence-electron chi connectivity index (χ0n) is 10.8. The van der Waals surface area contributed by atoms with Crippen LogP contribution in [0.4, 0.5) is 9.93 Å². The van der Waals surface area contributed by atoms with Crippen molar-refractivity contribution in [3.05, 3.63) is 11.1 Å². The van der Waals surface area contributed by atoms with Crippen LogP contribution in [-0.4, -0.2) is 39.6 Å². The molecule has 0 saturated carbocycles. The first kappa shape index (κ1) is 13.8. The van der Waals surface area contributed by atoms with Crippen LogP contribution in [0.2, 0.25) is 0 Å². The highest BCUT2D eigenvalue weighted by Gasteiger charge is 2.31. The van der Waals surface area contributed by atoms with E-state index in [9.17, 15) is 14.7 Å². The molecule has 2 amide bonds. The van der Waals surface area contributed by atoms with E-state index in [0.717, 1.165) is 24.1 Å². The summed E-state index contributed by atoms with van der Waals surface area (Å²) >= 11 is 1.38. The van der Waals surface area contributed by atoms with Crippen LogP contribution in [0.15, 0.2) is 6.20 Å². The summed E-state index contributed by atoms with van der Waals surface area (Å²) in [4.78, 5) is 29.9. The number of hydrogen-bond donors (Lipinski definition) is 2. The Labute approximate surface area is 115 Å². The van der Waals surface area contributed by atoms with E-state index in [1.165, 1.54) is 16.2 Å². The predicted molar refractivity (Wildman–Crippen MR) is 72.5 cm³/mol. The van der Waals surface area contributed by atoms with Crippen molar-refractivity contribution in [2.75, 3.05) is 11.9 Å². The summed E-state index contributed by atoms with van der Waals surface area (Å²) < 4.78 is 0. The summed E-state index contributed by atoms with van der Waals surface area (Å²) in [5.74, 6) is -0.938. The van der Waals surface area contributed by atoms with E-state index in [0.29, 0.717) is 18.1 Å². The molecule has 2 rings (SSSR count). The molecule has 0 aliphatic carbocycles. The van der Waals surface area contributed by atoms with Gasteiger partial charge in [-0.3, -0.25) is 5.32 Å². The quantitative estimate of drug-likeness (QED) is 0.872. The lowest BCUT2D eigenvalue weighted by Crippen LogP contribution is -2.46. The highest BCUT2D eigenvalue weighted by atomic mass is 32.1. The summed E-state index contributed by atoms with van der Waals surface area (Å²) in [6.07, 6.45) is 4.84. The minimum absolute atomic E-state index is 0.372. The molecule has 2 heterocycles. The van der Waals surface area contributed by atoms with E-state index < -0.39 is 12.0 Å². The summed E-state index contributed by atoms with van der Waals surface area (Å²) in [6, 6.07) is -1.10. The van der Waals surface area contributed by atoms with Crippen LogP contribution in [0.3, 0.4) is 0 Å². The molecule has 0 spiro atoms. The smallest absolute Gasteiger partial charge is 0.326 e. The number of nitrogens with zero attached hydrogens (tertiary/aromatic N) is 2. The molecule has 1 aliphatic heterocycles. The van der Waals surface area contributed by atoms with Gasteiger partial charge in [0.2, 0.25) is 0 Å². The van der Waals surface area contributed by atoms with Crippen LogP contribution in [0.25, 0.3) is 0 Å². The molecule has 0 aromatic carbocycles. The maximum Gasteiger partial charge on any atom is 0.326 e. The normalized spacial score (nSPS) is 19.8. The third-order valence-electron chi connectivity index (χ3n) is 3.13. The van der Waals surface area contributed by atoms with Gasteiger partial charge in [0.15, 0.2) is 5.13 Å². The van der Waals surface area contributed by atoms with Crippen molar-refractivity contribution in [2.45, 2.75) is 38.6 Å². The Hall–Kier alpha value is -1.63. The van der Waals surface area contributed by atoms with Gasteiger partial charge >= 0.3 is 12.0 Å². The zero-order valence-corrected chi connectivity index (χ0v) is 11.6. The van der Waals surface area contributed by atoms with Gasteiger partial charge in [-0.15, -0.1) is 11.3 Å². The van der Waals surface area contributed by atoms with E-state index in [1.807, 2.05) is 6.92 Å². The molecule has 1 unspecified atom stereocenters. The van der Waals surface area contributed by atoms with Gasteiger partial charge in [0.1, 0.15) is 6.04 Å². The van der Waals surface area contributed by atoms with Gasteiger partial charge in [0.25, 0.3) is 0 Å². The van der Waals surface area contributed by atoms with Gasteiger partial charge < -0.3 is 10.0 Å². The second-order valence-electron chi connectivity index (χ2n) is 4.60. The SMILES string of the molecule is Cc1cnc(NC(=O)N2CCCCCC2C(=O)O)s1. The van der Waals surface area contributed by atoms with Crippen molar-refractivity contribution in [3.63, 3.8) is 0 Å². The molecule has 0 bridgehead atoms. The van der Waals surface area contributed by atoms with Gasteiger partial charge in [-0.2, -0.15) is 0 Å². The molecule has 2 N–H and O–H groups in total. The summed E-state index contributed by atoms with van der Waals surface area (Å²) in [5, 5.41) is 12.4. The number of rotatable bonds is 2. The fourth-order valence-corrected chi connectivity index (χ4v) is 2.84. The topological polar surface area (TPSA) is 82.5 Å². The van der Waals surface area contributed by atoms with Crippen LogP contribution in [0.5, 0.6) is 0 Å². The second kappa shape index (κ2) is 6.01. The van der Waals surface area contributed by atoms with Crippen molar-refractivity contribution in [1.82, 2.24) is 9.88 Å². The fourth-order valence-electron chi connectivity index (χ4n) is 2.18. The van der Waals surface area contributed by atoms with Crippen LogP contribution in [0, 0.1) is 6.92 Å². The fraction of sp³-hybridized carbons (Fsp3) is 0.583. The summed E-state index contributed by atoms with van der Waals surface area (Å²) in [5.41, 5.74) is 0. The highest BCUT2D eigenvalue weighted by molar-refractivity contribution is 7.15. The van der Waals surface area contributed by atoms with E-state index in [2.05, 4.69) is 10.3 Å². The van der Waals surface area contributed by atoms with Crippen molar-refractivity contribution in [1.29, 1.82) is 0 Å². The van der Waals surface area contributed by atoms with Gasteiger partial charge in [-0.25, -0.2) is 14.6 Å².